The van der Waals surface area contributed by atoms with Crippen LogP contribution < -0.4 is 20.9 Å². The van der Waals surface area contributed by atoms with Gasteiger partial charge in [-0.2, -0.15) is 13.2 Å². The molecule has 1 aromatic carbocycles. The van der Waals surface area contributed by atoms with Gasteiger partial charge in [-0.3, -0.25) is 4.79 Å². The molecule has 0 spiro atoms. The van der Waals surface area contributed by atoms with Crippen molar-refractivity contribution < 1.29 is 40.6 Å². The van der Waals surface area contributed by atoms with Crippen molar-refractivity contribution in [1.82, 2.24) is 20.5 Å². The second-order valence-electron chi connectivity index (χ2n) is 9.36. The maximum absolute atomic E-state index is 15.1. The molecule has 222 valence electrons. The molecular formula is C26H25F4N7O5. The van der Waals surface area contributed by atoms with E-state index in [-0.39, 0.29) is 18.8 Å². The number of carbonyl (C=O) groups is 2. The van der Waals surface area contributed by atoms with Crippen LogP contribution in [0.3, 0.4) is 0 Å². The summed E-state index contributed by atoms with van der Waals surface area (Å²) in [7, 11) is 0. The van der Waals surface area contributed by atoms with Crippen LogP contribution in [0.1, 0.15) is 17.3 Å². The number of urea groups is 1. The van der Waals surface area contributed by atoms with E-state index in [1.165, 1.54) is 24.2 Å². The van der Waals surface area contributed by atoms with Gasteiger partial charge in [-0.15, -0.1) is 0 Å². The average molecular weight is 592 g/mol. The summed E-state index contributed by atoms with van der Waals surface area (Å²) in [6, 6.07) is 8.10. The number of halogens is 4. The van der Waals surface area contributed by atoms with Gasteiger partial charge in [0.1, 0.15) is 23.5 Å². The van der Waals surface area contributed by atoms with Crippen LogP contribution in [0.2, 0.25) is 0 Å². The van der Waals surface area contributed by atoms with Gasteiger partial charge in [0.15, 0.2) is 11.6 Å². The first-order chi connectivity index (χ1) is 20.1. The van der Waals surface area contributed by atoms with Gasteiger partial charge in [0, 0.05) is 49.9 Å². The molecule has 1 aliphatic heterocycles. The van der Waals surface area contributed by atoms with Crippen molar-refractivity contribution in [2.75, 3.05) is 48.3 Å². The van der Waals surface area contributed by atoms with E-state index >= 15 is 4.39 Å². The molecule has 0 atom stereocenters. The Balaban J connectivity index is 1.10. The molecule has 0 saturated carbocycles. The van der Waals surface area contributed by atoms with Crippen LogP contribution in [0.15, 0.2) is 56.1 Å². The predicted octanol–water partition coefficient (Wildman–Crippen LogP) is 4.47. The number of nitrogens with zero attached hydrogens (tertiary/aromatic N) is 4. The maximum atomic E-state index is 15.1. The normalized spacial score (nSPS) is 13.7. The van der Waals surface area contributed by atoms with E-state index in [0.29, 0.717) is 48.2 Å². The third kappa shape index (κ3) is 6.64. The third-order valence-electron chi connectivity index (χ3n) is 6.42. The van der Waals surface area contributed by atoms with Gasteiger partial charge in [0.25, 0.3) is 0 Å². The molecule has 0 bridgehead atoms. The van der Waals surface area contributed by atoms with Crippen molar-refractivity contribution in [1.29, 1.82) is 0 Å². The molecule has 0 radical (unpaired) electrons. The summed E-state index contributed by atoms with van der Waals surface area (Å²) in [6.45, 7) is 2.38. The van der Waals surface area contributed by atoms with Gasteiger partial charge in [-0.25, -0.2) is 9.18 Å². The highest BCUT2D eigenvalue weighted by Gasteiger charge is 2.38. The summed E-state index contributed by atoms with van der Waals surface area (Å²) in [5.74, 6) is -1.20. The fraction of sp³-hybridized carbons (Fsp3) is 0.308. The molecule has 12 nitrogen and oxygen atoms in total. The zero-order valence-electron chi connectivity index (χ0n) is 22.1. The summed E-state index contributed by atoms with van der Waals surface area (Å²) >= 11 is 0. The number of benzene rings is 1. The minimum Gasteiger partial charge on any atom is -0.455 e. The van der Waals surface area contributed by atoms with Crippen molar-refractivity contribution in [2.24, 2.45) is 0 Å². The molecule has 4 aromatic rings. The zero-order valence-corrected chi connectivity index (χ0v) is 22.1. The molecule has 16 heteroatoms. The Hall–Kier alpha value is -5.02. The van der Waals surface area contributed by atoms with E-state index in [9.17, 15) is 22.8 Å². The van der Waals surface area contributed by atoms with E-state index < -0.39 is 41.9 Å². The Labute approximate surface area is 235 Å². The number of alkyl halides is 3. The molecule has 5 rings (SSSR count). The second-order valence-corrected chi connectivity index (χ2v) is 9.36. The third-order valence-corrected chi connectivity index (χ3v) is 6.42. The molecule has 4 heterocycles. The van der Waals surface area contributed by atoms with Crippen LogP contribution in [0.25, 0.3) is 11.3 Å². The van der Waals surface area contributed by atoms with Crippen molar-refractivity contribution in [3.8, 4) is 11.3 Å². The smallest absolute Gasteiger partial charge is 0.451 e. The number of nitrogens with one attached hydrogen (secondary N) is 3. The first-order valence-corrected chi connectivity index (χ1v) is 12.7. The lowest BCUT2D eigenvalue weighted by Crippen LogP contribution is -2.51. The van der Waals surface area contributed by atoms with E-state index in [0.717, 1.165) is 6.07 Å². The number of aryl methyl sites for hydroxylation is 1. The summed E-state index contributed by atoms with van der Waals surface area (Å²) in [6.07, 6.45) is -3.36. The number of hydrogen-bond acceptors (Lipinski definition) is 9. The SMILES string of the molecule is Cc1cc(NC(=O)NCC(=O)N2CCN(c3ccc(-c4cc(CNc5ccon5)on4)cc3F)CC2)c(C(F)(F)F)o1. The monoisotopic (exact) mass is 591 g/mol. The van der Waals surface area contributed by atoms with E-state index in [2.05, 4.69) is 30.7 Å². The van der Waals surface area contributed by atoms with Gasteiger partial charge in [0.2, 0.25) is 11.7 Å². The number of rotatable bonds is 8. The summed E-state index contributed by atoms with van der Waals surface area (Å²) in [5, 5.41) is 15.0. The highest BCUT2D eigenvalue weighted by atomic mass is 19.4. The Morgan fingerprint density at radius 1 is 1.05 bits per heavy atom. The first-order valence-electron chi connectivity index (χ1n) is 12.7. The summed E-state index contributed by atoms with van der Waals surface area (Å²) < 4.78 is 68.9. The largest absolute Gasteiger partial charge is 0.455 e. The van der Waals surface area contributed by atoms with Gasteiger partial charge in [-0.05, 0) is 19.1 Å². The van der Waals surface area contributed by atoms with Crippen molar-refractivity contribution >= 4 is 29.1 Å². The number of hydrogen-bond donors (Lipinski definition) is 3. The van der Waals surface area contributed by atoms with Crippen molar-refractivity contribution in [2.45, 2.75) is 19.6 Å². The molecule has 1 saturated heterocycles. The van der Waals surface area contributed by atoms with Crippen LogP contribution in [-0.4, -0.2) is 59.9 Å². The molecule has 3 aromatic heterocycles. The minimum atomic E-state index is -4.79. The lowest BCUT2D eigenvalue weighted by molar-refractivity contribution is -0.152. The van der Waals surface area contributed by atoms with Gasteiger partial charge >= 0.3 is 12.2 Å². The fourth-order valence-electron chi connectivity index (χ4n) is 4.39. The van der Waals surface area contributed by atoms with Gasteiger partial charge < -0.3 is 39.2 Å². The van der Waals surface area contributed by atoms with E-state index in [1.807, 2.05) is 0 Å². The Morgan fingerprint density at radius 3 is 2.52 bits per heavy atom. The van der Waals surface area contributed by atoms with Crippen molar-refractivity contribution in [3.05, 3.63) is 65.8 Å². The average Bonchev–Trinajstić information content (AvgIpc) is 3.72. The maximum Gasteiger partial charge on any atom is 0.451 e. The topological polar surface area (TPSA) is 142 Å². The minimum absolute atomic E-state index is 0.0299. The Bertz CT molecular complexity index is 1540. The molecule has 0 unspecified atom stereocenters. The molecule has 0 aliphatic carbocycles. The standard InChI is InChI=1S/C26H25F4N7O5/c1-15-10-20(24(41-15)26(28,29)30)33-25(39)32-14-23(38)37-7-5-36(6-8-37)21-3-2-16(11-18(21)27)19-12-17(42-34-19)13-31-22-4-9-40-35-22/h2-4,9-12H,5-8,13-14H2,1H3,(H,31,35)(H2,32,33,39). The van der Waals surface area contributed by atoms with Crippen LogP contribution in [0.5, 0.6) is 0 Å². The van der Waals surface area contributed by atoms with Gasteiger partial charge in [-0.1, -0.05) is 16.4 Å². The lowest BCUT2D eigenvalue weighted by Gasteiger charge is -2.36. The number of aromatic nitrogens is 2. The number of anilines is 3. The van der Waals surface area contributed by atoms with Crippen LogP contribution in [0.4, 0.5) is 39.5 Å². The summed E-state index contributed by atoms with van der Waals surface area (Å²) in [4.78, 5) is 28.0. The van der Waals surface area contributed by atoms with Crippen LogP contribution in [0, 0.1) is 12.7 Å². The van der Waals surface area contributed by atoms with E-state index in [4.69, 9.17) is 9.05 Å². The summed E-state index contributed by atoms with van der Waals surface area (Å²) in [5.41, 5.74) is 0.798. The quantitative estimate of drug-likeness (QED) is 0.253. The Kier molecular flexibility index (Phi) is 8.04. The molecule has 3 amide bonds. The number of carbonyl (C=O) groups excluding carboxylic acids is 2. The van der Waals surface area contributed by atoms with Crippen molar-refractivity contribution in [3.63, 3.8) is 0 Å². The van der Waals surface area contributed by atoms with Crippen LogP contribution in [-0.2, 0) is 17.5 Å². The fourth-order valence-corrected chi connectivity index (χ4v) is 4.39. The molecule has 1 aliphatic rings. The molecule has 3 N–H and O–H groups in total. The molecule has 42 heavy (non-hydrogen) atoms. The molecular weight excluding hydrogens is 566 g/mol. The van der Waals surface area contributed by atoms with Gasteiger partial charge in [0.05, 0.1) is 24.5 Å². The van der Waals surface area contributed by atoms with Crippen LogP contribution >= 0.6 is 0 Å². The second kappa shape index (κ2) is 11.8. The number of furan rings is 1. The number of amides is 3. The molecule has 1 fully saturated rings. The number of piperazine rings is 1. The highest BCUT2D eigenvalue weighted by Crippen LogP contribution is 2.37. The highest BCUT2D eigenvalue weighted by molar-refractivity contribution is 5.92. The Morgan fingerprint density at radius 2 is 1.83 bits per heavy atom. The lowest BCUT2D eigenvalue weighted by atomic mass is 10.1. The van der Waals surface area contributed by atoms with E-state index in [1.54, 1.807) is 29.2 Å². The predicted molar refractivity (Wildman–Crippen MR) is 140 cm³/mol. The first kappa shape index (κ1) is 28.5. The zero-order chi connectivity index (χ0) is 29.9.